The van der Waals surface area contributed by atoms with Gasteiger partial charge in [0.1, 0.15) is 0 Å². The molecule has 3 aromatic carbocycles. The Hall–Kier alpha value is -2.90. The van der Waals surface area contributed by atoms with E-state index < -0.39 is 0 Å². The normalized spacial score (nSPS) is 18.9. The number of fused-ring (bicyclic) bond motifs is 5. The van der Waals surface area contributed by atoms with E-state index in [9.17, 15) is 0 Å². The van der Waals surface area contributed by atoms with Gasteiger partial charge in [0.15, 0.2) is 0 Å². The zero-order chi connectivity index (χ0) is 24.6. The Morgan fingerprint density at radius 1 is 0.800 bits per heavy atom. The number of aryl methyl sites for hydroxylation is 1. The van der Waals surface area contributed by atoms with Crippen LogP contribution in [0.3, 0.4) is 0 Å². The molecule has 0 radical (unpaired) electrons. The van der Waals surface area contributed by atoms with Crippen LogP contribution in [0.15, 0.2) is 84.5 Å². The van der Waals surface area contributed by atoms with Crippen LogP contribution >= 0.6 is 0 Å². The molecule has 35 heavy (non-hydrogen) atoms. The molecule has 0 fully saturated rings. The summed E-state index contributed by atoms with van der Waals surface area (Å²) in [6, 6.07) is 20.0. The van der Waals surface area contributed by atoms with Crippen LogP contribution in [0.2, 0.25) is 0 Å². The summed E-state index contributed by atoms with van der Waals surface area (Å²) in [6.07, 6.45) is 15.0. The number of allylic oxidation sites excluding steroid dienone is 6. The number of aliphatic hydroxyl groups is 1. The molecule has 0 spiro atoms. The number of aliphatic hydroxyl groups excluding tert-OH is 1. The van der Waals surface area contributed by atoms with E-state index in [1.165, 1.54) is 64.3 Å². The molecule has 0 atom stereocenters. The van der Waals surface area contributed by atoms with Crippen LogP contribution in [0.4, 0.5) is 0 Å². The molecule has 0 bridgehead atoms. The fourth-order valence-electron chi connectivity index (χ4n) is 5.95. The number of hydrogen-bond acceptors (Lipinski definition) is 1. The molecule has 1 nitrogen and oxygen atoms in total. The maximum absolute atomic E-state index is 9.04. The van der Waals surface area contributed by atoms with E-state index in [0.29, 0.717) is 0 Å². The Labute approximate surface area is 210 Å². The molecule has 3 aliphatic rings. The summed E-state index contributed by atoms with van der Waals surface area (Å²) in [6.45, 7) is 9.23. The molecule has 0 saturated heterocycles. The van der Waals surface area contributed by atoms with Gasteiger partial charge in [-0.2, -0.15) is 0 Å². The fraction of sp³-hybridized carbons (Fsp3) is 0.353. The molecule has 3 aliphatic carbocycles. The highest BCUT2D eigenvalue weighted by atomic mass is 16.2. The SMILES string of the molecule is C1=CC2=C(CC1)CCc1c2ccc2ccccc12.CC1(C)C=CC(C)(C)c2cc(CCO)ccc21. The van der Waals surface area contributed by atoms with Crippen molar-refractivity contribution >= 4 is 16.3 Å². The van der Waals surface area contributed by atoms with E-state index in [4.69, 9.17) is 5.11 Å². The third kappa shape index (κ3) is 4.55. The molecule has 6 rings (SSSR count). The molecule has 0 amide bonds. The third-order valence-corrected chi connectivity index (χ3v) is 8.08. The molecule has 0 aromatic heterocycles. The lowest BCUT2D eigenvalue weighted by atomic mass is 9.67. The van der Waals surface area contributed by atoms with Crippen molar-refractivity contribution in [3.63, 3.8) is 0 Å². The minimum atomic E-state index is 0.0936. The number of hydrogen-bond donors (Lipinski definition) is 1. The maximum Gasteiger partial charge on any atom is 0.0471 e. The second-order valence-electron chi connectivity index (χ2n) is 11.4. The highest BCUT2D eigenvalue weighted by molar-refractivity contribution is 5.93. The summed E-state index contributed by atoms with van der Waals surface area (Å²) < 4.78 is 0. The first kappa shape index (κ1) is 23.8. The van der Waals surface area contributed by atoms with Gasteiger partial charge in [-0.25, -0.2) is 0 Å². The maximum atomic E-state index is 9.04. The van der Waals surface area contributed by atoms with E-state index in [0.717, 1.165) is 6.42 Å². The zero-order valence-electron chi connectivity index (χ0n) is 21.7. The van der Waals surface area contributed by atoms with Crippen LogP contribution in [0.1, 0.15) is 74.8 Å². The van der Waals surface area contributed by atoms with Crippen molar-refractivity contribution in [3.8, 4) is 0 Å². The summed E-state index contributed by atoms with van der Waals surface area (Å²) in [5.74, 6) is 0. The van der Waals surface area contributed by atoms with Crippen molar-refractivity contribution < 1.29 is 5.11 Å². The van der Waals surface area contributed by atoms with Crippen molar-refractivity contribution in [1.82, 2.24) is 0 Å². The van der Waals surface area contributed by atoms with Crippen LogP contribution in [0.25, 0.3) is 16.3 Å². The second kappa shape index (κ2) is 9.28. The van der Waals surface area contributed by atoms with Gasteiger partial charge in [0.25, 0.3) is 0 Å². The van der Waals surface area contributed by atoms with Gasteiger partial charge in [-0.1, -0.05) is 112 Å². The van der Waals surface area contributed by atoms with Crippen LogP contribution in [0.5, 0.6) is 0 Å². The lowest BCUT2D eigenvalue weighted by molar-refractivity contribution is 0.299. The van der Waals surface area contributed by atoms with E-state index in [1.807, 2.05) is 0 Å². The van der Waals surface area contributed by atoms with Gasteiger partial charge in [-0.3, -0.25) is 0 Å². The predicted molar refractivity (Wildman–Crippen MR) is 150 cm³/mol. The number of rotatable bonds is 2. The lowest BCUT2D eigenvalue weighted by Gasteiger charge is -2.37. The second-order valence-corrected chi connectivity index (χ2v) is 11.4. The first-order valence-electron chi connectivity index (χ1n) is 13.1. The third-order valence-electron chi connectivity index (χ3n) is 8.08. The van der Waals surface area contributed by atoms with Crippen LogP contribution < -0.4 is 0 Å². The largest absolute Gasteiger partial charge is 0.396 e. The summed E-state index contributed by atoms with van der Waals surface area (Å²) in [4.78, 5) is 0. The van der Waals surface area contributed by atoms with Crippen molar-refractivity contribution in [3.05, 3.63) is 112 Å². The van der Waals surface area contributed by atoms with Gasteiger partial charge in [-0.15, -0.1) is 0 Å². The quantitative estimate of drug-likeness (QED) is 0.380. The molecular formula is C34H38O. The zero-order valence-corrected chi connectivity index (χ0v) is 21.7. The Morgan fingerprint density at radius 2 is 1.57 bits per heavy atom. The van der Waals surface area contributed by atoms with Gasteiger partial charge >= 0.3 is 0 Å². The number of benzene rings is 3. The van der Waals surface area contributed by atoms with Crippen LogP contribution in [0, 0.1) is 0 Å². The fourth-order valence-corrected chi connectivity index (χ4v) is 5.95. The minimum Gasteiger partial charge on any atom is -0.396 e. The minimum absolute atomic E-state index is 0.0936. The Morgan fingerprint density at radius 3 is 2.37 bits per heavy atom. The topological polar surface area (TPSA) is 20.2 Å². The van der Waals surface area contributed by atoms with Gasteiger partial charge in [-0.05, 0) is 76.3 Å². The summed E-state index contributed by atoms with van der Waals surface area (Å²) in [7, 11) is 0. The average Bonchev–Trinajstić information content (AvgIpc) is 2.87. The molecule has 0 saturated carbocycles. The smallest absolute Gasteiger partial charge is 0.0471 e. The summed E-state index contributed by atoms with van der Waals surface area (Å²) in [5.41, 5.74) is 10.4. The molecule has 0 heterocycles. The van der Waals surface area contributed by atoms with E-state index >= 15 is 0 Å². The van der Waals surface area contributed by atoms with Crippen molar-refractivity contribution in [2.45, 2.75) is 70.6 Å². The van der Waals surface area contributed by atoms with Crippen molar-refractivity contribution in [2.24, 2.45) is 0 Å². The molecule has 1 N–H and O–H groups in total. The molecule has 0 aliphatic heterocycles. The van der Waals surface area contributed by atoms with E-state index in [2.05, 4.69) is 107 Å². The standard InChI is InChI=1S/C18H16.C16H22O/c1-3-7-15-13(5-1)9-11-18-16-8-4-2-6-14(16)10-12-17(15)18;1-15(2)8-9-16(3,4)14-11-12(7-10-17)5-6-13(14)15/h1,3-5,7-9,11H,2,6,10,12H2;5-6,8-9,11,17H,7,10H2,1-4H3. The lowest BCUT2D eigenvalue weighted by Crippen LogP contribution is -2.29. The molecule has 0 unspecified atom stereocenters. The predicted octanol–water partition coefficient (Wildman–Crippen LogP) is 8.24. The summed E-state index contributed by atoms with van der Waals surface area (Å²) >= 11 is 0. The van der Waals surface area contributed by atoms with Crippen LogP contribution in [-0.4, -0.2) is 11.7 Å². The highest BCUT2D eigenvalue weighted by Gasteiger charge is 2.32. The highest BCUT2D eigenvalue weighted by Crippen LogP contribution is 2.42. The van der Waals surface area contributed by atoms with Gasteiger partial charge in [0, 0.05) is 17.4 Å². The molecule has 180 valence electrons. The first-order valence-corrected chi connectivity index (χ1v) is 13.1. The van der Waals surface area contributed by atoms with Crippen LogP contribution in [-0.2, 0) is 23.7 Å². The van der Waals surface area contributed by atoms with Gasteiger partial charge in [0.05, 0.1) is 0 Å². The summed E-state index contributed by atoms with van der Waals surface area (Å²) in [5, 5.41) is 11.9. The van der Waals surface area contributed by atoms with Gasteiger partial charge in [0.2, 0.25) is 0 Å². The Bertz CT molecular complexity index is 1350. The Balaban J connectivity index is 0.000000145. The molecular weight excluding hydrogens is 424 g/mol. The molecule has 1 heteroatoms. The van der Waals surface area contributed by atoms with E-state index in [1.54, 1.807) is 11.1 Å². The molecule has 3 aromatic rings. The average molecular weight is 463 g/mol. The monoisotopic (exact) mass is 462 g/mol. The first-order chi connectivity index (χ1) is 16.8. The Kier molecular flexibility index (Phi) is 6.32. The van der Waals surface area contributed by atoms with Crippen molar-refractivity contribution in [2.75, 3.05) is 6.61 Å². The van der Waals surface area contributed by atoms with E-state index in [-0.39, 0.29) is 17.4 Å². The van der Waals surface area contributed by atoms with Crippen molar-refractivity contribution in [1.29, 1.82) is 0 Å². The van der Waals surface area contributed by atoms with Gasteiger partial charge < -0.3 is 5.11 Å².